The van der Waals surface area contributed by atoms with Crippen LogP contribution in [0.3, 0.4) is 0 Å². The van der Waals surface area contributed by atoms with E-state index in [0.717, 1.165) is 19.4 Å². The molecule has 2 aromatic rings. The van der Waals surface area contributed by atoms with E-state index < -0.39 is 0 Å². The number of aryl methyl sites for hydroxylation is 1. The summed E-state index contributed by atoms with van der Waals surface area (Å²) in [5.41, 5.74) is 1.29. The third-order valence-electron chi connectivity index (χ3n) is 3.29. The molecule has 0 radical (unpaired) electrons. The third kappa shape index (κ3) is 2.12. The highest BCUT2D eigenvalue weighted by atomic mass is 15.1. The molecule has 0 unspecified atom stereocenters. The predicted octanol–water partition coefficient (Wildman–Crippen LogP) is 2.42. The molecule has 0 aliphatic heterocycles. The lowest BCUT2D eigenvalue weighted by Gasteiger charge is -2.09. The van der Waals surface area contributed by atoms with Crippen LogP contribution in [-0.2, 0) is 13.0 Å². The van der Waals surface area contributed by atoms with Crippen molar-refractivity contribution in [3.8, 4) is 0 Å². The zero-order chi connectivity index (χ0) is 11.7. The van der Waals surface area contributed by atoms with E-state index in [2.05, 4.69) is 32.2 Å². The standard InChI is InChI=1S/C13H18N4/c1-2-3-13-15-6-7-16(13)9-12-8-14-10-17(12)11-4-5-11/h6-8,10-11H,2-5,9H2,1H3. The Kier molecular flexibility index (Phi) is 2.71. The number of hydrogen-bond donors (Lipinski definition) is 0. The summed E-state index contributed by atoms with van der Waals surface area (Å²) < 4.78 is 4.55. The average Bonchev–Trinajstić information content (AvgIpc) is 2.92. The minimum Gasteiger partial charge on any atom is -0.330 e. The van der Waals surface area contributed by atoms with E-state index in [1.165, 1.54) is 24.4 Å². The van der Waals surface area contributed by atoms with E-state index in [1.54, 1.807) is 0 Å². The maximum absolute atomic E-state index is 4.41. The van der Waals surface area contributed by atoms with E-state index in [-0.39, 0.29) is 0 Å². The summed E-state index contributed by atoms with van der Waals surface area (Å²) in [7, 11) is 0. The summed E-state index contributed by atoms with van der Waals surface area (Å²) in [5.74, 6) is 1.18. The number of hydrogen-bond acceptors (Lipinski definition) is 2. The molecule has 0 spiro atoms. The van der Waals surface area contributed by atoms with E-state index in [1.807, 2.05) is 18.7 Å². The molecule has 0 saturated heterocycles. The number of imidazole rings is 2. The Morgan fingerprint density at radius 3 is 3.06 bits per heavy atom. The maximum atomic E-state index is 4.41. The Balaban J connectivity index is 1.81. The smallest absolute Gasteiger partial charge is 0.108 e. The van der Waals surface area contributed by atoms with E-state index in [4.69, 9.17) is 0 Å². The van der Waals surface area contributed by atoms with Crippen LogP contribution in [0.25, 0.3) is 0 Å². The van der Waals surface area contributed by atoms with Crippen LogP contribution in [0, 0.1) is 0 Å². The first-order chi connectivity index (χ1) is 8.38. The van der Waals surface area contributed by atoms with E-state index in [9.17, 15) is 0 Å². The number of nitrogens with zero attached hydrogens (tertiary/aromatic N) is 4. The summed E-state index contributed by atoms with van der Waals surface area (Å²) in [6, 6.07) is 0.700. The molecule has 1 saturated carbocycles. The van der Waals surface area contributed by atoms with Crippen molar-refractivity contribution in [3.63, 3.8) is 0 Å². The topological polar surface area (TPSA) is 35.6 Å². The van der Waals surface area contributed by atoms with Gasteiger partial charge in [-0.3, -0.25) is 0 Å². The van der Waals surface area contributed by atoms with E-state index >= 15 is 0 Å². The van der Waals surface area contributed by atoms with Crippen molar-refractivity contribution in [2.45, 2.75) is 45.2 Å². The number of rotatable bonds is 5. The van der Waals surface area contributed by atoms with Crippen LogP contribution in [0.4, 0.5) is 0 Å². The molecule has 1 fully saturated rings. The summed E-state index contributed by atoms with van der Waals surface area (Å²) in [6.07, 6.45) is 12.7. The fraction of sp³-hybridized carbons (Fsp3) is 0.538. The summed E-state index contributed by atoms with van der Waals surface area (Å²) in [4.78, 5) is 8.68. The monoisotopic (exact) mass is 230 g/mol. The summed E-state index contributed by atoms with van der Waals surface area (Å²) in [6.45, 7) is 3.08. The highest BCUT2D eigenvalue weighted by molar-refractivity contribution is 5.06. The zero-order valence-corrected chi connectivity index (χ0v) is 10.2. The number of aromatic nitrogens is 4. The van der Waals surface area contributed by atoms with Gasteiger partial charge in [-0.05, 0) is 19.3 Å². The normalized spacial score (nSPS) is 15.4. The van der Waals surface area contributed by atoms with Crippen molar-refractivity contribution in [3.05, 3.63) is 36.4 Å². The molecule has 4 nitrogen and oxygen atoms in total. The second-order valence-corrected chi connectivity index (χ2v) is 4.74. The molecule has 0 aromatic carbocycles. The molecule has 2 aromatic heterocycles. The third-order valence-corrected chi connectivity index (χ3v) is 3.29. The van der Waals surface area contributed by atoms with Crippen molar-refractivity contribution in [1.82, 2.24) is 19.1 Å². The lowest BCUT2D eigenvalue weighted by Crippen LogP contribution is -2.08. The van der Waals surface area contributed by atoms with Crippen LogP contribution in [-0.4, -0.2) is 19.1 Å². The van der Waals surface area contributed by atoms with Gasteiger partial charge in [-0.15, -0.1) is 0 Å². The van der Waals surface area contributed by atoms with Gasteiger partial charge in [0.25, 0.3) is 0 Å². The first kappa shape index (κ1) is 10.6. The maximum Gasteiger partial charge on any atom is 0.108 e. The molecular weight excluding hydrogens is 212 g/mol. The average molecular weight is 230 g/mol. The molecule has 3 rings (SSSR count). The molecule has 1 aliphatic carbocycles. The van der Waals surface area contributed by atoms with Crippen LogP contribution in [0.1, 0.15) is 43.7 Å². The second-order valence-electron chi connectivity index (χ2n) is 4.74. The molecule has 0 N–H and O–H groups in total. The lowest BCUT2D eigenvalue weighted by atomic mass is 10.3. The van der Waals surface area contributed by atoms with Crippen LogP contribution in [0.5, 0.6) is 0 Å². The quantitative estimate of drug-likeness (QED) is 0.790. The van der Waals surface area contributed by atoms with Crippen molar-refractivity contribution in [2.75, 3.05) is 0 Å². The Morgan fingerprint density at radius 2 is 2.29 bits per heavy atom. The van der Waals surface area contributed by atoms with Gasteiger partial charge in [0.15, 0.2) is 0 Å². The minimum atomic E-state index is 0.700. The molecule has 0 amide bonds. The highest BCUT2D eigenvalue weighted by Gasteiger charge is 2.25. The SMILES string of the molecule is CCCc1nccn1Cc1cncn1C1CC1. The molecule has 90 valence electrons. The Morgan fingerprint density at radius 1 is 1.41 bits per heavy atom. The largest absolute Gasteiger partial charge is 0.330 e. The molecule has 1 aliphatic rings. The predicted molar refractivity (Wildman–Crippen MR) is 65.8 cm³/mol. The summed E-state index contributed by atoms with van der Waals surface area (Å²) in [5, 5.41) is 0. The van der Waals surface area contributed by atoms with Crippen molar-refractivity contribution in [1.29, 1.82) is 0 Å². The van der Waals surface area contributed by atoms with E-state index in [0.29, 0.717) is 6.04 Å². The van der Waals surface area contributed by atoms with Crippen LogP contribution >= 0.6 is 0 Å². The van der Waals surface area contributed by atoms with Gasteiger partial charge in [-0.25, -0.2) is 9.97 Å². The van der Waals surface area contributed by atoms with Gasteiger partial charge in [-0.2, -0.15) is 0 Å². The van der Waals surface area contributed by atoms with Crippen molar-refractivity contribution < 1.29 is 0 Å². The van der Waals surface area contributed by atoms with Crippen molar-refractivity contribution >= 4 is 0 Å². The molecule has 17 heavy (non-hydrogen) atoms. The van der Waals surface area contributed by atoms with Gasteiger partial charge >= 0.3 is 0 Å². The Labute approximate surface area is 101 Å². The first-order valence-corrected chi connectivity index (χ1v) is 6.39. The first-order valence-electron chi connectivity index (χ1n) is 6.39. The summed E-state index contributed by atoms with van der Waals surface area (Å²) >= 11 is 0. The molecule has 0 atom stereocenters. The Bertz CT molecular complexity index is 493. The van der Waals surface area contributed by atoms with Gasteiger partial charge in [0, 0.05) is 31.1 Å². The fourth-order valence-electron chi connectivity index (χ4n) is 2.25. The minimum absolute atomic E-state index is 0.700. The highest BCUT2D eigenvalue weighted by Crippen LogP contribution is 2.35. The van der Waals surface area contributed by atoms with Crippen LogP contribution in [0.2, 0.25) is 0 Å². The molecule has 4 heteroatoms. The van der Waals surface area contributed by atoms with Crippen LogP contribution < -0.4 is 0 Å². The Hall–Kier alpha value is -1.58. The second kappa shape index (κ2) is 4.35. The van der Waals surface area contributed by atoms with Gasteiger partial charge in [0.05, 0.1) is 18.6 Å². The molecule has 0 bridgehead atoms. The molecule has 2 heterocycles. The van der Waals surface area contributed by atoms with Gasteiger partial charge < -0.3 is 9.13 Å². The lowest BCUT2D eigenvalue weighted by molar-refractivity contribution is 0.632. The fourth-order valence-corrected chi connectivity index (χ4v) is 2.25. The van der Waals surface area contributed by atoms with Crippen molar-refractivity contribution in [2.24, 2.45) is 0 Å². The van der Waals surface area contributed by atoms with Gasteiger partial charge in [0.2, 0.25) is 0 Å². The van der Waals surface area contributed by atoms with Gasteiger partial charge in [-0.1, -0.05) is 6.92 Å². The zero-order valence-electron chi connectivity index (χ0n) is 10.2. The van der Waals surface area contributed by atoms with Crippen LogP contribution in [0.15, 0.2) is 24.9 Å². The van der Waals surface area contributed by atoms with Gasteiger partial charge in [0.1, 0.15) is 5.82 Å². The molecular formula is C13H18N4.